The predicted octanol–water partition coefficient (Wildman–Crippen LogP) is -0.998. The third-order valence-corrected chi connectivity index (χ3v) is 3.23. The van der Waals surface area contributed by atoms with E-state index in [4.69, 9.17) is 5.73 Å². The largest absolute Gasteiger partial charge is 0.366 e. The summed E-state index contributed by atoms with van der Waals surface area (Å²) in [6.45, 7) is 0.626. The lowest BCUT2D eigenvalue weighted by molar-refractivity contribution is 0.578. The standard InChI is InChI=1S/C8H13N3O3S/c9-3-1-4-11-15(13,14)8-6-10-5-2-7(8)12/h2,5-6,11H,1,3-4,9H2,(H,10,12). The van der Waals surface area contributed by atoms with Crippen LogP contribution in [0.15, 0.2) is 28.2 Å². The number of nitrogens with one attached hydrogen (secondary N) is 2. The van der Waals surface area contributed by atoms with Crippen molar-refractivity contribution >= 4 is 10.0 Å². The summed E-state index contributed by atoms with van der Waals surface area (Å²) < 4.78 is 25.4. The van der Waals surface area contributed by atoms with Crippen molar-refractivity contribution < 1.29 is 8.42 Å². The van der Waals surface area contributed by atoms with E-state index in [-0.39, 0.29) is 11.4 Å². The minimum Gasteiger partial charge on any atom is -0.366 e. The maximum Gasteiger partial charge on any atom is 0.245 e. The highest BCUT2D eigenvalue weighted by Gasteiger charge is 2.16. The molecule has 4 N–H and O–H groups in total. The molecule has 0 atom stereocenters. The summed E-state index contributed by atoms with van der Waals surface area (Å²) in [6.07, 6.45) is 3.07. The Labute approximate surface area is 87.6 Å². The van der Waals surface area contributed by atoms with Gasteiger partial charge in [0, 0.05) is 25.0 Å². The van der Waals surface area contributed by atoms with E-state index in [1.807, 2.05) is 0 Å². The third kappa shape index (κ3) is 3.15. The lowest BCUT2D eigenvalue weighted by Crippen LogP contribution is -2.30. The van der Waals surface area contributed by atoms with Crippen LogP contribution in [0.4, 0.5) is 0 Å². The third-order valence-electron chi connectivity index (χ3n) is 1.75. The van der Waals surface area contributed by atoms with Crippen molar-refractivity contribution in [3.63, 3.8) is 0 Å². The zero-order chi connectivity index (χ0) is 11.3. The molecule has 0 amide bonds. The second-order valence-electron chi connectivity index (χ2n) is 2.91. The summed E-state index contributed by atoms with van der Waals surface area (Å²) in [7, 11) is -3.71. The van der Waals surface area contributed by atoms with Crippen LogP contribution in [0.5, 0.6) is 0 Å². The first-order chi connectivity index (χ1) is 7.08. The SMILES string of the molecule is NCCCNS(=O)(=O)c1c[nH]ccc1=O. The van der Waals surface area contributed by atoms with Crippen LogP contribution in [0.25, 0.3) is 0 Å². The molecule has 1 heterocycles. The molecule has 15 heavy (non-hydrogen) atoms. The summed E-state index contributed by atoms with van der Waals surface area (Å²) in [5.41, 5.74) is 4.69. The monoisotopic (exact) mass is 231 g/mol. The molecule has 0 fully saturated rings. The number of pyridine rings is 1. The first-order valence-corrected chi connectivity index (χ1v) is 5.93. The Morgan fingerprint density at radius 1 is 1.47 bits per heavy atom. The molecule has 84 valence electrons. The molecule has 0 saturated heterocycles. The van der Waals surface area contributed by atoms with Gasteiger partial charge in [0.2, 0.25) is 15.5 Å². The van der Waals surface area contributed by atoms with Gasteiger partial charge in [-0.05, 0) is 13.0 Å². The first-order valence-electron chi connectivity index (χ1n) is 4.45. The smallest absolute Gasteiger partial charge is 0.245 e. The fourth-order valence-corrected chi connectivity index (χ4v) is 2.12. The summed E-state index contributed by atoms with van der Waals surface area (Å²) in [5, 5.41) is 0. The van der Waals surface area contributed by atoms with Crippen LogP contribution in [0.2, 0.25) is 0 Å². The van der Waals surface area contributed by atoms with E-state index < -0.39 is 15.5 Å². The Morgan fingerprint density at radius 2 is 2.20 bits per heavy atom. The molecule has 0 unspecified atom stereocenters. The zero-order valence-electron chi connectivity index (χ0n) is 8.06. The molecule has 0 aliphatic heterocycles. The molecule has 0 aliphatic rings. The minimum atomic E-state index is -3.71. The van der Waals surface area contributed by atoms with Gasteiger partial charge in [-0.1, -0.05) is 0 Å². The average Bonchev–Trinajstić information content (AvgIpc) is 2.18. The van der Waals surface area contributed by atoms with Crippen molar-refractivity contribution in [1.29, 1.82) is 0 Å². The van der Waals surface area contributed by atoms with E-state index in [0.717, 1.165) is 12.3 Å². The molecule has 1 rings (SSSR count). The second kappa shape index (κ2) is 5.06. The fourth-order valence-electron chi connectivity index (χ4n) is 0.997. The van der Waals surface area contributed by atoms with Crippen molar-refractivity contribution in [2.75, 3.05) is 13.1 Å². The highest BCUT2D eigenvalue weighted by atomic mass is 32.2. The highest BCUT2D eigenvalue weighted by molar-refractivity contribution is 7.89. The number of aromatic amines is 1. The average molecular weight is 231 g/mol. The molecule has 1 aromatic rings. The predicted molar refractivity (Wildman–Crippen MR) is 55.9 cm³/mol. The maximum absolute atomic E-state index is 11.6. The molecule has 0 aromatic carbocycles. The summed E-state index contributed by atoms with van der Waals surface area (Å²) in [4.78, 5) is 13.5. The summed E-state index contributed by atoms with van der Waals surface area (Å²) in [5.74, 6) is 0. The molecule has 0 spiro atoms. The number of hydrogen-bond donors (Lipinski definition) is 3. The maximum atomic E-state index is 11.6. The molecular weight excluding hydrogens is 218 g/mol. The Bertz CT molecular complexity index is 466. The van der Waals surface area contributed by atoms with Gasteiger partial charge < -0.3 is 10.7 Å². The molecule has 0 radical (unpaired) electrons. The van der Waals surface area contributed by atoms with E-state index in [1.165, 1.54) is 6.20 Å². The number of sulfonamides is 1. The van der Waals surface area contributed by atoms with E-state index >= 15 is 0 Å². The quantitative estimate of drug-likeness (QED) is 0.565. The van der Waals surface area contributed by atoms with Gasteiger partial charge in [0.05, 0.1) is 0 Å². The number of nitrogens with two attached hydrogens (primary N) is 1. The van der Waals surface area contributed by atoms with Crippen LogP contribution in [0.1, 0.15) is 6.42 Å². The van der Waals surface area contributed by atoms with Crippen LogP contribution < -0.4 is 15.9 Å². The minimum absolute atomic E-state index is 0.229. The van der Waals surface area contributed by atoms with Crippen LogP contribution in [-0.2, 0) is 10.0 Å². The topological polar surface area (TPSA) is 105 Å². The Hall–Kier alpha value is -1.18. The molecule has 0 aliphatic carbocycles. The summed E-state index contributed by atoms with van der Waals surface area (Å²) >= 11 is 0. The van der Waals surface area contributed by atoms with Crippen molar-refractivity contribution in [2.24, 2.45) is 5.73 Å². The molecule has 6 nitrogen and oxygen atoms in total. The molecule has 0 saturated carbocycles. The van der Waals surface area contributed by atoms with Gasteiger partial charge in [-0.15, -0.1) is 0 Å². The number of hydrogen-bond acceptors (Lipinski definition) is 4. The van der Waals surface area contributed by atoms with Gasteiger partial charge in [0.25, 0.3) is 0 Å². The second-order valence-corrected chi connectivity index (χ2v) is 4.65. The van der Waals surface area contributed by atoms with Crippen molar-refractivity contribution in [3.05, 3.63) is 28.7 Å². The Balaban J connectivity index is 2.88. The molecule has 1 aromatic heterocycles. The highest BCUT2D eigenvalue weighted by Crippen LogP contribution is 1.98. The van der Waals surface area contributed by atoms with Gasteiger partial charge in [0.15, 0.2) is 0 Å². The van der Waals surface area contributed by atoms with Crippen LogP contribution in [0.3, 0.4) is 0 Å². The summed E-state index contributed by atoms with van der Waals surface area (Å²) in [6, 6.07) is 1.16. The zero-order valence-corrected chi connectivity index (χ0v) is 8.88. The first kappa shape index (κ1) is 11.9. The van der Waals surface area contributed by atoms with Crippen molar-refractivity contribution in [3.8, 4) is 0 Å². The molecule has 0 bridgehead atoms. The van der Waals surface area contributed by atoms with E-state index in [0.29, 0.717) is 13.0 Å². The molecule has 7 heteroatoms. The van der Waals surface area contributed by atoms with Crippen LogP contribution in [-0.4, -0.2) is 26.5 Å². The van der Waals surface area contributed by atoms with Crippen molar-refractivity contribution in [1.82, 2.24) is 9.71 Å². The Kier molecular flexibility index (Phi) is 4.01. The van der Waals surface area contributed by atoms with E-state index in [1.54, 1.807) is 0 Å². The van der Waals surface area contributed by atoms with Gasteiger partial charge in [0.1, 0.15) is 4.90 Å². The molecular formula is C8H13N3O3S. The number of aromatic nitrogens is 1. The van der Waals surface area contributed by atoms with Gasteiger partial charge in [-0.25, -0.2) is 13.1 Å². The van der Waals surface area contributed by atoms with Gasteiger partial charge in [-0.2, -0.15) is 0 Å². The number of rotatable bonds is 5. The normalized spacial score (nSPS) is 11.5. The van der Waals surface area contributed by atoms with E-state index in [9.17, 15) is 13.2 Å². The van der Waals surface area contributed by atoms with E-state index in [2.05, 4.69) is 9.71 Å². The lowest BCUT2D eigenvalue weighted by atomic mass is 10.4. The number of H-pyrrole nitrogens is 1. The van der Waals surface area contributed by atoms with Crippen molar-refractivity contribution in [2.45, 2.75) is 11.3 Å². The Morgan fingerprint density at radius 3 is 2.80 bits per heavy atom. The fraction of sp³-hybridized carbons (Fsp3) is 0.375. The van der Waals surface area contributed by atoms with Gasteiger partial charge >= 0.3 is 0 Å². The van der Waals surface area contributed by atoms with Crippen LogP contribution in [0, 0.1) is 0 Å². The van der Waals surface area contributed by atoms with Crippen LogP contribution >= 0.6 is 0 Å². The van der Waals surface area contributed by atoms with Gasteiger partial charge in [-0.3, -0.25) is 4.79 Å². The lowest BCUT2D eigenvalue weighted by Gasteiger charge is -2.04.